The Morgan fingerprint density at radius 1 is 0.848 bits per heavy atom. The van der Waals surface area contributed by atoms with Crippen LogP contribution in [0, 0.1) is 5.82 Å². The Balaban J connectivity index is 0.795. The van der Waals surface area contributed by atoms with Crippen molar-refractivity contribution in [3.63, 3.8) is 0 Å². The van der Waals surface area contributed by atoms with E-state index in [9.17, 15) is 28.8 Å². The molecular formula is C51H51Cl2FN6O6. The number of benzene rings is 4. The number of carbonyl (C=O) groups is 6. The fourth-order valence-electron chi connectivity index (χ4n) is 11.2. The molecule has 4 atom stereocenters. The van der Waals surface area contributed by atoms with Crippen molar-refractivity contribution < 1.29 is 33.2 Å². The third kappa shape index (κ3) is 7.88. The van der Waals surface area contributed by atoms with E-state index >= 15 is 4.39 Å². The minimum absolute atomic E-state index is 0.0162. The molecular weight excluding hydrogens is 883 g/mol. The quantitative estimate of drug-likeness (QED) is 0.0474. The van der Waals surface area contributed by atoms with Crippen LogP contribution < -0.4 is 26.6 Å². The molecule has 5 amide bonds. The van der Waals surface area contributed by atoms with Crippen molar-refractivity contribution in [3.05, 3.63) is 135 Å². The van der Waals surface area contributed by atoms with Crippen molar-refractivity contribution in [3.8, 4) is 0 Å². The maximum absolute atomic E-state index is 16.3. The van der Waals surface area contributed by atoms with Gasteiger partial charge >= 0.3 is 0 Å². The fraction of sp³-hybridized carbons (Fsp3) is 0.373. The summed E-state index contributed by atoms with van der Waals surface area (Å²) in [5.74, 6) is -3.76. The number of hydrogen-bond donors (Lipinski definition) is 5. The Kier molecular flexibility index (Phi) is 12.6. The molecule has 4 aromatic carbocycles. The molecule has 2 saturated heterocycles. The molecule has 0 bridgehead atoms. The topological polar surface area (TPSA) is 166 Å². The maximum atomic E-state index is 16.3. The van der Waals surface area contributed by atoms with Crippen molar-refractivity contribution >= 4 is 75.6 Å². The second kappa shape index (κ2) is 18.4. The molecule has 5 aliphatic rings. The van der Waals surface area contributed by atoms with Gasteiger partial charge in [0, 0.05) is 57.8 Å². The Hall–Kier alpha value is -5.89. The van der Waals surface area contributed by atoms with Gasteiger partial charge in [0.25, 0.3) is 11.8 Å². The summed E-state index contributed by atoms with van der Waals surface area (Å²) in [6, 6.07) is 19.9. The third-order valence-electron chi connectivity index (χ3n) is 14.3. The molecule has 4 aromatic rings. The van der Waals surface area contributed by atoms with Gasteiger partial charge in [-0.2, -0.15) is 0 Å². The van der Waals surface area contributed by atoms with Crippen LogP contribution in [-0.2, 0) is 19.8 Å². The van der Waals surface area contributed by atoms with Crippen molar-refractivity contribution in [2.75, 3.05) is 22.5 Å². The van der Waals surface area contributed by atoms with E-state index in [4.69, 9.17) is 23.2 Å². The van der Waals surface area contributed by atoms with E-state index in [0.717, 1.165) is 49.8 Å². The van der Waals surface area contributed by atoms with Crippen LogP contribution in [0.25, 0.3) is 0 Å². The van der Waals surface area contributed by atoms with Gasteiger partial charge in [0.05, 0.1) is 22.2 Å². The highest BCUT2D eigenvalue weighted by Crippen LogP contribution is 2.63. The van der Waals surface area contributed by atoms with Crippen molar-refractivity contribution in [2.24, 2.45) is 0 Å². The molecule has 2 spiro atoms. The number of unbranched alkanes of at least 4 members (excludes halogenated alkanes) is 4. The summed E-state index contributed by atoms with van der Waals surface area (Å²) >= 11 is 12.8. The SMILES string of the molecule is C=C1CCC(N2C(=O)c3cccc(NCCCCCCCC(=O)c4ccc(NC(=O)[C@@H]5NC6(CCCCC6)[C@@]6(C(=O)Nc7cc(Cl)ccc76)[C@H]5c5cccc(Cl)c5F)cc4)c3C2=O)C(=O)N1. The Morgan fingerprint density at radius 2 is 1.59 bits per heavy atom. The van der Waals surface area contributed by atoms with E-state index in [1.165, 1.54) is 6.07 Å². The molecule has 1 saturated carbocycles. The van der Waals surface area contributed by atoms with Crippen LogP contribution >= 0.6 is 23.2 Å². The molecule has 0 radical (unpaired) electrons. The number of Topliss-reactive ketones (excluding diaryl/α,β-unsaturated/α-hetero) is 1. The van der Waals surface area contributed by atoms with Crippen LogP contribution in [0.1, 0.15) is 132 Å². The molecule has 4 heterocycles. The number of nitrogens with one attached hydrogen (secondary N) is 5. The number of allylic oxidation sites excluding steroid dienone is 1. The lowest BCUT2D eigenvalue weighted by atomic mass is 9.55. The highest BCUT2D eigenvalue weighted by molar-refractivity contribution is 6.31. The van der Waals surface area contributed by atoms with Gasteiger partial charge < -0.3 is 21.3 Å². The first-order chi connectivity index (χ1) is 31.8. The second-order valence-corrected chi connectivity index (χ2v) is 19.0. The average Bonchev–Trinajstić information content (AvgIpc) is 3.86. The first-order valence-corrected chi connectivity index (χ1v) is 23.6. The van der Waals surface area contributed by atoms with Gasteiger partial charge in [-0.25, -0.2) is 4.39 Å². The summed E-state index contributed by atoms with van der Waals surface area (Å²) in [5.41, 5.74) is 1.85. The monoisotopic (exact) mass is 932 g/mol. The second-order valence-electron chi connectivity index (χ2n) is 18.1. The molecule has 66 heavy (non-hydrogen) atoms. The number of rotatable bonds is 14. The number of fused-ring (bicyclic) bond motifs is 4. The third-order valence-corrected chi connectivity index (χ3v) is 14.8. The van der Waals surface area contributed by atoms with Gasteiger partial charge in [0.2, 0.25) is 17.7 Å². The number of amides is 5. The van der Waals surface area contributed by atoms with E-state index in [1.807, 2.05) is 6.07 Å². The zero-order valence-corrected chi connectivity index (χ0v) is 37.9. The lowest BCUT2D eigenvalue weighted by molar-refractivity contribution is -0.125. The first kappa shape index (κ1) is 45.3. The van der Waals surface area contributed by atoms with Crippen LogP contribution in [0.3, 0.4) is 0 Å². The molecule has 5 N–H and O–H groups in total. The summed E-state index contributed by atoms with van der Waals surface area (Å²) in [6.07, 6.45) is 9.17. The molecule has 342 valence electrons. The van der Waals surface area contributed by atoms with Crippen LogP contribution in [0.5, 0.6) is 0 Å². The first-order valence-electron chi connectivity index (χ1n) is 22.9. The van der Waals surface area contributed by atoms with Gasteiger partial charge in [-0.05, 0) is 104 Å². The summed E-state index contributed by atoms with van der Waals surface area (Å²) in [7, 11) is 0. The maximum Gasteiger partial charge on any atom is 0.264 e. The summed E-state index contributed by atoms with van der Waals surface area (Å²) in [6.45, 7) is 4.36. The number of piperidine rings is 1. The van der Waals surface area contributed by atoms with E-state index < -0.39 is 58.4 Å². The van der Waals surface area contributed by atoms with Crippen molar-refractivity contribution in [1.29, 1.82) is 0 Å². The largest absolute Gasteiger partial charge is 0.384 e. The lowest BCUT2D eigenvalue weighted by Gasteiger charge is -2.47. The van der Waals surface area contributed by atoms with Crippen LogP contribution in [0.4, 0.5) is 21.5 Å². The zero-order valence-electron chi connectivity index (χ0n) is 36.4. The minimum atomic E-state index is -1.35. The predicted octanol–water partition coefficient (Wildman–Crippen LogP) is 9.44. The number of anilines is 3. The molecule has 9 rings (SSSR count). The Morgan fingerprint density at radius 3 is 2.36 bits per heavy atom. The van der Waals surface area contributed by atoms with Gasteiger partial charge in [-0.15, -0.1) is 0 Å². The number of nitrogens with zero attached hydrogens (tertiary/aromatic N) is 1. The number of hydrogen-bond acceptors (Lipinski definition) is 8. The molecule has 3 fully saturated rings. The zero-order chi connectivity index (χ0) is 46.3. The van der Waals surface area contributed by atoms with Gasteiger partial charge in [-0.3, -0.25) is 39.0 Å². The predicted molar refractivity (Wildman–Crippen MR) is 251 cm³/mol. The van der Waals surface area contributed by atoms with Crippen molar-refractivity contribution in [2.45, 2.75) is 112 Å². The smallest absolute Gasteiger partial charge is 0.264 e. The van der Waals surface area contributed by atoms with E-state index in [2.05, 4.69) is 33.2 Å². The van der Waals surface area contributed by atoms with E-state index in [0.29, 0.717) is 84.0 Å². The Bertz CT molecular complexity index is 2670. The van der Waals surface area contributed by atoms with Crippen LogP contribution in [0.2, 0.25) is 10.0 Å². The minimum Gasteiger partial charge on any atom is -0.384 e. The van der Waals surface area contributed by atoms with Crippen LogP contribution in [0.15, 0.2) is 91.1 Å². The van der Waals surface area contributed by atoms with Crippen LogP contribution in [-0.4, -0.2) is 64.4 Å². The highest BCUT2D eigenvalue weighted by atomic mass is 35.5. The number of carbonyl (C=O) groups excluding carboxylic acids is 6. The molecule has 1 aliphatic carbocycles. The molecule has 12 nitrogen and oxygen atoms in total. The highest BCUT2D eigenvalue weighted by Gasteiger charge is 2.72. The van der Waals surface area contributed by atoms with Crippen molar-refractivity contribution in [1.82, 2.24) is 15.5 Å². The lowest BCUT2D eigenvalue weighted by Crippen LogP contribution is -2.60. The van der Waals surface area contributed by atoms with E-state index in [1.54, 1.807) is 66.7 Å². The van der Waals surface area contributed by atoms with E-state index in [-0.39, 0.29) is 33.4 Å². The molecule has 4 aliphatic heterocycles. The summed E-state index contributed by atoms with van der Waals surface area (Å²) in [5, 5.41) is 16.0. The Labute approximate surface area is 392 Å². The average molecular weight is 934 g/mol. The normalized spacial score (nSPS) is 22.9. The van der Waals surface area contributed by atoms with Gasteiger partial charge in [0.1, 0.15) is 17.3 Å². The standard InChI is InChI=1S/C51H51Cl2FN6O6/c1-29-17-24-39(45(62)56-29)60-47(64)33-12-11-15-37(41(33)48(60)65)55-27-9-4-2-3-6-16-40(61)30-18-21-32(22-19-30)57-46(63)44-42(34-13-10-14-36(53)43(34)54)51(50(59-44)25-7-5-8-26-50)35-23-20-31(52)28-38(35)58-49(51)66/h10-15,18-23,28,39,42,44,55,59H,1-9,16-17,24-27H2,(H,56,62)(H,57,63)(H,58,66)/t39?,42-,44+,51+/m0/s1. The number of imide groups is 1. The van der Waals surface area contributed by atoms with Gasteiger partial charge in [-0.1, -0.05) is 92.6 Å². The fourth-order valence-corrected chi connectivity index (χ4v) is 11.6. The number of ketones is 1. The molecule has 0 aromatic heterocycles. The number of halogens is 3. The summed E-state index contributed by atoms with van der Waals surface area (Å²) in [4.78, 5) is 82.7. The van der Waals surface area contributed by atoms with Gasteiger partial charge in [0.15, 0.2) is 5.78 Å². The summed E-state index contributed by atoms with van der Waals surface area (Å²) < 4.78 is 16.3. The molecule has 1 unspecified atom stereocenters. The molecule has 15 heteroatoms.